The predicted molar refractivity (Wildman–Crippen MR) is 153 cm³/mol. The van der Waals surface area contributed by atoms with Crippen molar-refractivity contribution in [1.29, 1.82) is 0 Å². The lowest BCUT2D eigenvalue weighted by Gasteiger charge is -2.40. The molecule has 2 aliphatic heterocycles. The smallest absolute Gasteiger partial charge is 0.388 e. The van der Waals surface area contributed by atoms with Crippen molar-refractivity contribution < 1.29 is 54.2 Å². The molecule has 3 aromatic rings. The number of rotatable bonds is 7. The number of aliphatic hydroxyl groups is 2. The number of carbonyl (C=O) groups is 1. The molecule has 2 heterocycles. The third-order valence-corrected chi connectivity index (χ3v) is 10.5. The number of fused-ring (bicyclic) bond motifs is 2. The second-order valence-electron chi connectivity index (χ2n) is 11.6. The third-order valence-electron chi connectivity index (χ3n) is 8.58. The summed E-state index contributed by atoms with van der Waals surface area (Å²) < 4.78 is 124. The number of Topliss-reactive ketones (excluding diaryl/α,β-unsaturated/α-hetero) is 1. The Labute approximate surface area is 259 Å². The van der Waals surface area contributed by atoms with Gasteiger partial charge in [0.2, 0.25) is 0 Å². The Bertz CT molecular complexity index is 1710. The van der Waals surface area contributed by atoms with Crippen molar-refractivity contribution in [2.75, 3.05) is 22.8 Å². The first-order valence-corrected chi connectivity index (χ1v) is 15.6. The van der Waals surface area contributed by atoms with E-state index in [2.05, 4.69) is 0 Å². The van der Waals surface area contributed by atoms with E-state index in [1.54, 1.807) is 25.2 Å². The van der Waals surface area contributed by atoms with Crippen LogP contribution in [0.1, 0.15) is 42.1 Å². The van der Waals surface area contributed by atoms with Crippen LogP contribution < -0.4 is 9.21 Å². The summed E-state index contributed by atoms with van der Waals surface area (Å²) in [5.74, 6) is -1.73. The molecule has 3 atom stereocenters. The average Bonchev–Trinajstić information content (AvgIpc) is 2.98. The van der Waals surface area contributed by atoms with Gasteiger partial charge in [0.1, 0.15) is 11.6 Å². The summed E-state index contributed by atoms with van der Waals surface area (Å²) in [7, 11) is -2.84. The minimum absolute atomic E-state index is 0.142. The number of aliphatic hydroxyl groups excluding tert-OH is 1. The maximum Gasteiger partial charge on any atom is 0.430 e. The van der Waals surface area contributed by atoms with E-state index >= 15 is 0 Å². The highest BCUT2D eigenvalue weighted by molar-refractivity contribution is 7.92. The molecule has 0 radical (unpaired) electrons. The Kier molecular flexibility index (Phi) is 8.66. The summed E-state index contributed by atoms with van der Waals surface area (Å²) in [4.78, 5) is 14.9. The monoisotopic (exact) mass is 674 g/mol. The van der Waals surface area contributed by atoms with E-state index in [1.165, 1.54) is 0 Å². The van der Waals surface area contributed by atoms with E-state index in [0.717, 1.165) is 40.3 Å². The zero-order valence-corrected chi connectivity index (χ0v) is 25.0. The van der Waals surface area contributed by atoms with Crippen LogP contribution in [0.2, 0.25) is 0 Å². The van der Waals surface area contributed by atoms with Gasteiger partial charge in [-0.1, -0.05) is 30.3 Å². The van der Waals surface area contributed by atoms with Crippen molar-refractivity contribution in [2.45, 2.75) is 60.7 Å². The molecule has 3 aromatic carbocycles. The summed E-state index contributed by atoms with van der Waals surface area (Å²) in [5.41, 5.74) is -5.88. The van der Waals surface area contributed by atoms with Crippen molar-refractivity contribution in [3.05, 3.63) is 89.2 Å². The maximum atomic E-state index is 13.9. The topological polar surface area (TPSA) is 98.2 Å². The van der Waals surface area contributed by atoms with E-state index < -0.39 is 68.1 Å². The van der Waals surface area contributed by atoms with Crippen molar-refractivity contribution in [3.8, 4) is 0 Å². The van der Waals surface area contributed by atoms with Gasteiger partial charge in [-0.05, 0) is 54.8 Å². The molecule has 2 unspecified atom stereocenters. The Balaban J connectivity index is 1.50. The standard InChI is InChI=1S/C31H29F7N2O5S/c1-39-17-19(28(42)25-4-2-3-5-27(25)39)15-23(41)16-22-10-6-18-14-20(29(43,30(33,34)35)31(36,37)38)7-13-26(18)40(22)46(44,45)24-11-8-21(32)9-12-24/h2-5,7-9,11-14,19,22,28,42-43H,6,10,15-17H2,1H3/t19?,22-,28?/m0/s1. The Hall–Kier alpha value is -3.69. The molecule has 0 aliphatic carbocycles. The summed E-state index contributed by atoms with van der Waals surface area (Å²) in [6.07, 6.45) is -14.2. The fourth-order valence-electron chi connectivity index (χ4n) is 6.28. The molecule has 2 N–H and O–H groups in total. The number of aryl methyl sites for hydroxylation is 1. The molecule has 0 amide bonds. The fraction of sp³-hybridized carbons (Fsp3) is 0.387. The normalized spacial score (nSPS) is 20.7. The summed E-state index contributed by atoms with van der Waals surface area (Å²) in [5, 5.41) is 20.9. The number of para-hydroxylation sites is 1. The lowest BCUT2D eigenvalue weighted by molar-refractivity contribution is -0.376. The molecule has 0 fully saturated rings. The number of sulfonamides is 1. The molecule has 0 bridgehead atoms. The van der Waals surface area contributed by atoms with Crippen molar-refractivity contribution in [1.82, 2.24) is 0 Å². The lowest BCUT2D eigenvalue weighted by atomic mass is 9.84. The third kappa shape index (κ3) is 5.84. The molecule has 0 saturated heterocycles. The van der Waals surface area contributed by atoms with Crippen LogP contribution in [0.15, 0.2) is 71.6 Å². The van der Waals surface area contributed by atoms with E-state index in [1.807, 2.05) is 11.0 Å². The van der Waals surface area contributed by atoms with Gasteiger partial charge in [0.15, 0.2) is 0 Å². The molecule has 7 nitrogen and oxygen atoms in total. The Morgan fingerprint density at radius 1 is 0.913 bits per heavy atom. The van der Waals surface area contributed by atoms with Crippen LogP contribution in [0.5, 0.6) is 0 Å². The summed E-state index contributed by atoms with van der Waals surface area (Å²) in [6.45, 7) is 0.319. The second-order valence-corrected chi connectivity index (χ2v) is 13.4. The zero-order valence-electron chi connectivity index (χ0n) is 24.2. The summed E-state index contributed by atoms with van der Waals surface area (Å²) in [6, 6.07) is 11.2. The number of halogens is 7. The van der Waals surface area contributed by atoms with Gasteiger partial charge in [0.05, 0.1) is 22.7 Å². The van der Waals surface area contributed by atoms with Gasteiger partial charge in [-0.2, -0.15) is 26.3 Å². The number of carbonyl (C=O) groups excluding carboxylic acids is 1. The van der Waals surface area contributed by atoms with Gasteiger partial charge in [-0.25, -0.2) is 12.8 Å². The van der Waals surface area contributed by atoms with Crippen LogP contribution in [-0.4, -0.2) is 56.4 Å². The minimum atomic E-state index is -6.15. The van der Waals surface area contributed by atoms with Crippen molar-refractivity contribution >= 4 is 27.2 Å². The predicted octanol–water partition coefficient (Wildman–Crippen LogP) is 5.80. The van der Waals surface area contributed by atoms with Crippen LogP contribution in [0.25, 0.3) is 0 Å². The first kappa shape index (κ1) is 33.7. The van der Waals surface area contributed by atoms with Gasteiger partial charge >= 0.3 is 12.4 Å². The van der Waals surface area contributed by atoms with Crippen LogP contribution in [0.4, 0.5) is 42.1 Å². The van der Waals surface area contributed by atoms with Crippen molar-refractivity contribution in [3.63, 3.8) is 0 Å². The number of hydrogen-bond acceptors (Lipinski definition) is 6. The molecule has 2 aliphatic rings. The molecule has 0 spiro atoms. The van der Waals surface area contributed by atoms with Gasteiger partial charge in [-0.15, -0.1) is 0 Å². The van der Waals surface area contributed by atoms with Crippen LogP contribution in [-0.2, 0) is 26.8 Å². The van der Waals surface area contributed by atoms with E-state index in [-0.39, 0.29) is 36.9 Å². The number of benzene rings is 3. The molecule has 46 heavy (non-hydrogen) atoms. The molecule has 0 saturated carbocycles. The zero-order chi connectivity index (χ0) is 33.8. The minimum Gasteiger partial charge on any atom is -0.388 e. The van der Waals surface area contributed by atoms with Gasteiger partial charge in [-0.3, -0.25) is 9.10 Å². The van der Waals surface area contributed by atoms with Gasteiger partial charge < -0.3 is 15.1 Å². The quantitative estimate of drug-likeness (QED) is 0.308. The van der Waals surface area contributed by atoms with Crippen LogP contribution in [0, 0.1) is 11.7 Å². The molecule has 5 rings (SSSR count). The molecule has 15 heteroatoms. The largest absolute Gasteiger partial charge is 0.430 e. The Morgan fingerprint density at radius 2 is 1.54 bits per heavy atom. The number of nitrogens with zero attached hydrogens (tertiary/aromatic N) is 2. The number of alkyl halides is 6. The van der Waals surface area contributed by atoms with Gasteiger partial charge in [0, 0.05) is 49.2 Å². The Morgan fingerprint density at radius 3 is 2.17 bits per heavy atom. The highest BCUT2D eigenvalue weighted by atomic mass is 32.2. The van der Waals surface area contributed by atoms with Crippen LogP contribution in [0.3, 0.4) is 0 Å². The number of anilines is 2. The molecule has 0 aromatic heterocycles. The molecule has 248 valence electrons. The van der Waals surface area contributed by atoms with Gasteiger partial charge in [0.25, 0.3) is 15.6 Å². The van der Waals surface area contributed by atoms with E-state index in [9.17, 15) is 54.2 Å². The summed E-state index contributed by atoms with van der Waals surface area (Å²) >= 11 is 0. The number of hydrogen-bond donors (Lipinski definition) is 2. The molecular weight excluding hydrogens is 645 g/mol. The fourth-order valence-corrected chi connectivity index (χ4v) is 8.00. The van der Waals surface area contributed by atoms with E-state index in [4.69, 9.17) is 0 Å². The van der Waals surface area contributed by atoms with Crippen molar-refractivity contribution in [2.24, 2.45) is 5.92 Å². The first-order valence-electron chi connectivity index (χ1n) is 14.2. The van der Waals surface area contributed by atoms with E-state index in [0.29, 0.717) is 24.2 Å². The number of ketones is 1. The first-order chi connectivity index (χ1) is 21.4. The van der Waals surface area contributed by atoms with Crippen LogP contribution >= 0.6 is 0 Å². The molecular formula is C31H29F7N2O5S. The second kappa shape index (κ2) is 11.8. The highest BCUT2D eigenvalue weighted by Gasteiger charge is 2.71. The highest BCUT2D eigenvalue weighted by Crippen LogP contribution is 2.51. The SMILES string of the molecule is CN1CC(CC(=O)C[C@@H]2CCc3cc(C(O)(C(F)(F)F)C(F)(F)F)ccc3N2S(=O)(=O)c2ccc(F)cc2)C(O)c2ccccc21. The lowest BCUT2D eigenvalue weighted by Crippen LogP contribution is -2.54. The average molecular weight is 675 g/mol. The maximum absolute atomic E-state index is 13.9.